The summed E-state index contributed by atoms with van der Waals surface area (Å²) >= 11 is 1.08. The highest BCUT2D eigenvalue weighted by Gasteiger charge is 2.34. The Balaban J connectivity index is 1.30. The van der Waals surface area contributed by atoms with E-state index in [0.29, 0.717) is 52.8 Å². The largest absolute Gasteiger partial charge is 0.493 e. The molecule has 6 rings (SSSR count). The van der Waals surface area contributed by atoms with E-state index in [2.05, 4.69) is 10.3 Å². The molecular formula is C32H27F4N3O3S. The number of amides is 2. The Morgan fingerprint density at radius 2 is 1.81 bits per heavy atom. The molecule has 1 atom stereocenters. The van der Waals surface area contributed by atoms with E-state index in [0.717, 1.165) is 41.9 Å². The van der Waals surface area contributed by atoms with Crippen LogP contribution in [0.4, 0.5) is 17.6 Å². The first-order chi connectivity index (χ1) is 20.7. The Labute approximate surface area is 249 Å². The summed E-state index contributed by atoms with van der Waals surface area (Å²) < 4.78 is 59.9. The van der Waals surface area contributed by atoms with E-state index in [4.69, 9.17) is 4.74 Å². The molecule has 43 heavy (non-hydrogen) atoms. The molecule has 2 aliphatic rings. The van der Waals surface area contributed by atoms with Gasteiger partial charge in [-0.2, -0.15) is 13.2 Å². The second-order valence-electron chi connectivity index (χ2n) is 10.5. The minimum Gasteiger partial charge on any atom is -0.493 e. The monoisotopic (exact) mass is 609 g/mol. The van der Waals surface area contributed by atoms with Crippen molar-refractivity contribution in [3.63, 3.8) is 0 Å². The second-order valence-corrected chi connectivity index (χ2v) is 11.5. The number of likely N-dealkylation sites (tertiary alicyclic amines) is 1. The minimum absolute atomic E-state index is 0.0277. The molecular weight excluding hydrogens is 582 g/mol. The molecule has 222 valence electrons. The molecule has 6 nitrogen and oxygen atoms in total. The third-order valence-electron chi connectivity index (χ3n) is 7.75. The number of hydrogen-bond acceptors (Lipinski definition) is 5. The average molecular weight is 610 g/mol. The van der Waals surface area contributed by atoms with Crippen molar-refractivity contribution in [1.82, 2.24) is 15.2 Å². The first-order valence-electron chi connectivity index (χ1n) is 14.0. The number of carbonyl (C=O) groups excluding carboxylic acids is 2. The first kappa shape index (κ1) is 28.9. The molecule has 11 heteroatoms. The standard InChI is InChI=1S/C32H27F4N3O3S/c33-22-12-10-19(11-13-22)30-38-27(28(43-30)20-5-3-6-21(17-20)32(34,35)36)31(41)39-15-2-1-7-23(39)18-37-29(40)25-8-4-9-26-24(25)14-16-42-26/h3-6,8-13,17,23H,1-2,7,14-16,18H2,(H,37,40)/t23-/m0/s1. The number of ether oxygens (including phenoxy) is 1. The number of halogens is 4. The number of alkyl halides is 3. The van der Waals surface area contributed by atoms with Crippen LogP contribution in [0.15, 0.2) is 66.7 Å². The van der Waals surface area contributed by atoms with Crippen LogP contribution in [0.3, 0.4) is 0 Å². The molecule has 3 heterocycles. The molecule has 1 saturated heterocycles. The van der Waals surface area contributed by atoms with Gasteiger partial charge in [-0.15, -0.1) is 11.3 Å². The summed E-state index contributed by atoms with van der Waals surface area (Å²) in [6.45, 7) is 1.15. The van der Waals surface area contributed by atoms with Gasteiger partial charge in [-0.1, -0.05) is 18.2 Å². The van der Waals surface area contributed by atoms with Gasteiger partial charge in [-0.3, -0.25) is 9.59 Å². The highest BCUT2D eigenvalue weighted by molar-refractivity contribution is 7.18. The fourth-order valence-corrected chi connectivity index (χ4v) is 6.63. The lowest BCUT2D eigenvalue weighted by atomic mass is 10.00. The molecule has 3 aromatic carbocycles. The third-order valence-corrected chi connectivity index (χ3v) is 8.90. The van der Waals surface area contributed by atoms with Gasteiger partial charge in [0.05, 0.1) is 17.0 Å². The number of benzene rings is 3. The van der Waals surface area contributed by atoms with Crippen LogP contribution in [-0.4, -0.2) is 47.4 Å². The third kappa shape index (κ3) is 5.99. The number of nitrogens with one attached hydrogen (secondary N) is 1. The second kappa shape index (κ2) is 11.8. The zero-order valence-electron chi connectivity index (χ0n) is 22.9. The SMILES string of the molecule is O=C(NC[C@@H]1CCCCN1C(=O)c1nc(-c2ccc(F)cc2)sc1-c1cccc(C(F)(F)F)c1)c1cccc2c1CCO2. The van der Waals surface area contributed by atoms with Gasteiger partial charge in [0.25, 0.3) is 11.8 Å². The van der Waals surface area contributed by atoms with Gasteiger partial charge < -0.3 is 15.0 Å². The van der Waals surface area contributed by atoms with Crippen molar-refractivity contribution in [3.05, 3.63) is 94.9 Å². The number of thiazole rings is 1. The minimum atomic E-state index is -4.56. The zero-order chi connectivity index (χ0) is 30.1. The van der Waals surface area contributed by atoms with Gasteiger partial charge in [0, 0.05) is 42.2 Å². The van der Waals surface area contributed by atoms with Gasteiger partial charge in [0.2, 0.25) is 0 Å². The summed E-state index contributed by atoms with van der Waals surface area (Å²) in [6.07, 6.45) is -1.67. The number of nitrogens with zero attached hydrogens (tertiary/aromatic N) is 2. The summed E-state index contributed by atoms with van der Waals surface area (Å²) in [5.74, 6) is -0.423. The average Bonchev–Trinajstić information content (AvgIpc) is 3.68. The predicted octanol–water partition coefficient (Wildman–Crippen LogP) is 6.99. The van der Waals surface area contributed by atoms with E-state index < -0.39 is 23.5 Å². The molecule has 0 bridgehead atoms. The Morgan fingerprint density at radius 1 is 1.02 bits per heavy atom. The van der Waals surface area contributed by atoms with Crippen molar-refractivity contribution in [2.24, 2.45) is 0 Å². The van der Waals surface area contributed by atoms with Crippen molar-refractivity contribution in [1.29, 1.82) is 0 Å². The molecule has 0 saturated carbocycles. The van der Waals surface area contributed by atoms with Crippen molar-refractivity contribution in [2.75, 3.05) is 19.7 Å². The summed E-state index contributed by atoms with van der Waals surface area (Å²) in [4.78, 5) is 33.8. The molecule has 4 aromatic rings. The van der Waals surface area contributed by atoms with Crippen LogP contribution in [0, 0.1) is 5.82 Å². The van der Waals surface area contributed by atoms with Crippen LogP contribution in [0.25, 0.3) is 21.0 Å². The summed E-state index contributed by atoms with van der Waals surface area (Å²) in [7, 11) is 0. The molecule has 1 aromatic heterocycles. The predicted molar refractivity (Wildman–Crippen MR) is 155 cm³/mol. The van der Waals surface area contributed by atoms with E-state index in [1.807, 2.05) is 6.07 Å². The summed E-state index contributed by atoms with van der Waals surface area (Å²) in [5.41, 5.74) is 1.35. The highest BCUT2D eigenvalue weighted by Crippen LogP contribution is 2.39. The lowest BCUT2D eigenvalue weighted by Gasteiger charge is -2.35. The van der Waals surface area contributed by atoms with Crippen LogP contribution < -0.4 is 10.1 Å². The van der Waals surface area contributed by atoms with Crippen LogP contribution in [-0.2, 0) is 12.6 Å². The molecule has 0 spiro atoms. The van der Waals surface area contributed by atoms with E-state index >= 15 is 0 Å². The van der Waals surface area contributed by atoms with Crippen LogP contribution in [0.5, 0.6) is 5.75 Å². The van der Waals surface area contributed by atoms with Crippen LogP contribution in [0.2, 0.25) is 0 Å². The Hall–Kier alpha value is -4.25. The quantitative estimate of drug-likeness (QED) is 0.239. The number of carbonyl (C=O) groups is 2. The molecule has 1 fully saturated rings. The number of aromatic nitrogens is 1. The maximum atomic E-state index is 14.1. The fraction of sp³-hybridized carbons (Fsp3) is 0.281. The number of piperidine rings is 1. The highest BCUT2D eigenvalue weighted by atomic mass is 32.1. The van der Waals surface area contributed by atoms with Gasteiger partial charge >= 0.3 is 6.18 Å². The van der Waals surface area contributed by atoms with Gasteiger partial charge in [-0.25, -0.2) is 9.37 Å². The molecule has 2 amide bonds. The molecule has 0 unspecified atom stereocenters. The normalized spacial score (nSPS) is 16.5. The Bertz CT molecular complexity index is 1670. The van der Waals surface area contributed by atoms with Gasteiger partial charge in [0.1, 0.15) is 22.3 Å². The van der Waals surface area contributed by atoms with Crippen LogP contribution >= 0.6 is 11.3 Å². The van der Waals surface area contributed by atoms with Crippen molar-refractivity contribution >= 4 is 23.2 Å². The molecule has 2 aliphatic heterocycles. The molecule has 1 N–H and O–H groups in total. The van der Waals surface area contributed by atoms with E-state index in [1.54, 1.807) is 17.0 Å². The number of rotatable bonds is 6. The number of fused-ring (bicyclic) bond motifs is 1. The summed E-state index contributed by atoms with van der Waals surface area (Å²) in [6, 6.07) is 15.4. The summed E-state index contributed by atoms with van der Waals surface area (Å²) in [5, 5.41) is 3.36. The fourth-order valence-electron chi connectivity index (χ4n) is 5.57. The zero-order valence-corrected chi connectivity index (χ0v) is 23.7. The lowest BCUT2D eigenvalue weighted by molar-refractivity contribution is -0.137. The Morgan fingerprint density at radius 3 is 2.60 bits per heavy atom. The Kier molecular flexibility index (Phi) is 7.91. The van der Waals surface area contributed by atoms with Gasteiger partial charge in [0.15, 0.2) is 0 Å². The van der Waals surface area contributed by atoms with E-state index in [1.165, 1.54) is 36.4 Å². The number of hydrogen-bond donors (Lipinski definition) is 1. The van der Waals surface area contributed by atoms with Gasteiger partial charge in [-0.05, 0) is 73.4 Å². The van der Waals surface area contributed by atoms with Crippen molar-refractivity contribution in [3.8, 4) is 26.8 Å². The topological polar surface area (TPSA) is 71.5 Å². The maximum Gasteiger partial charge on any atom is 0.416 e. The van der Waals surface area contributed by atoms with Crippen molar-refractivity contribution < 1.29 is 31.9 Å². The smallest absolute Gasteiger partial charge is 0.416 e. The van der Waals surface area contributed by atoms with Crippen molar-refractivity contribution in [2.45, 2.75) is 37.9 Å². The van der Waals surface area contributed by atoms with E-state index in [-0.39, 0.29) is 29.8 Å². The maximum absolute atomic E-state index is 14.1. The molecule has 0 aliphatic carbocycles. The molecule has 0 radical (unpaired) electrons. The first-order valence-corrected chi connectivity index (χ1v) is 14.8. The van der Waals surface area contributed by atoms with E-state index in [9.17, 15) is 27.2 Å². The van der Waals surface area contributed by atoms with Crippen LogP contribution in [0.1, 0.15) is 51.2 Å². The lowest BCUT2D eigenvalue weighted by Crippen LogP contribution is -2.49.